The summed E-state index contributed by atoms with van der Waals surface area (Å²) >= 11 is 5.51. The van der Waals surface area contributed by atoms with Crippen LogP contribution in [0.4, 0.5) is 23.2 Å². The van der Waals surface area contributed by atoms with Crippen molar-refractivity contribution in [2.45, 2.75) is 12.2 Å². The molecule has 0 unspecified atom stereocenters. The molecule has 23 heavy (non-hydrogen) atoms. The monoisotopic (exact) mass is 349 g/mol. The van der Waals surface area contributed by atoms with Gasteiger partial charge < -0.3 is 4.90 Å². The van der Waals surface area contributed by atoms with Crippen molar-refractivity contribution >= 4 is 17.3 Å². The summed E-state index contributed by atoms with van der Waals surface area (Å²) in [5, 5.41) is 3.42. The van der Waals surface area contributed by atoms with E-state index in [1.165, 1.54) is 7.05 Å². The molecule has 1 aromatic heterocycles. The summed E-state index contributed by atoms with van der Waals surface area (Å²) in [4.78, 5) is 12.4. The highest BCUT2D eigenvalue weighted by Gasteiger charge is 2.44. The van der Waals surface area contributed by atoms with Crippen LogP contribution < -0.4 is 10.5 Å². The SMILES string of the molecule is CN(c1cnn(C)c(=O)c1)[C@H](c1ccc(Cl)c(F)c1)C(F)(F)F. The van der Waals surface area contributed by atoms with Gasteiger partial charge in [0.2, 0.25) is 0 Å². The third-order valence-corrected chi connectivity index (χ3v) is 3.62. The second-order valence-corrected chi connectivity index (χ2v) is 5.31. The second-order valence-electron chi connectivity index (χ2n) is 4.90. The van der Waals surface area contributed by atoms with Gasteiger partial charge in [0.05, 0.1) is 16.9 Å². The molecule has 2 aromatic rings. The molecular formula is C14H12ClF4N3O. The Balaban J connectivity index is 2.51. The zero-order chi connectivity index (χ0) is 17.4. The molecule has 1 atom stereocenters. The highest BCUT2D eigenvalue weighted by molar-refractivity contribution is 6.30. The minimum absolute atomic E-state index is 0.0363. The number of alkyl halides is 3. The molecule has 4 nitrogen and oxygen atoms in total. The molecule has 1 heterocycles. The van der Waals surface area contributed by atoms with Gasteiger partial charge in [-0.05, 0) is 17.7 Å². The smallest absolute Gasteiger partial charge is 0.358 e. The standard InChI is InChI=1S/C14H12ClF4N3O/c1-21(9-6-12(23)22(2)20-7-9)13(14(17,18)19)8-3-4-10(15)11(16)5-8/h3-7,13H,1-2H3/t13-/m1/s1. The van der Waals surface area contributed by atoms with Crippen molar-refractivity contribution in [2.75, 3.05) is 11.9 Å². The number of halogens is 5. The van der Waals surface area contributed by atoms with E-state index in [2.05, 4.69) is 5.10 Å². The Bertz CT molecular complexity index is 775. The van der Waals surface area contributed by atoms with Crippen LogP contribution in [0.1, 0.15) is 11.6 Å². The lowest BCUT2D eigenvalue weighted by atomic mass is 10.0. The lowest BCUT2D eigenvalue weighted by molar-refractivity contribution is -0.149. The Morgan fingerprint density at radius 1 is 1.30 bits per heavy atom. The van der Waals surface area contributed by atoms with E-state index in [0.29, 0.717) is 0 Å². The third-order valence-electron chi connectivity index (χ3n) is 3.32. The van der Waals surface area contributed by atoms with E-state index in [1.807, 2.05) is 0 Å². The van der Waals surface area contributed by atoms with Gasteiger partial charge >= 0.3 is 6.18 Å². The first-order valence-corrected chi connectivity index (χ1v) is 6.77. The van der Waals surface area contributed by atoms with Crippen LogP contribution in [0.5, 0.6) is 0 Å². The summed E-state index contributed by atoms with van der Waals surface area (Å²) in [5.41, 5.74) is -0.925. The van der Waals surface area contributed by atoms with Gasteiger partial charge in [-0.2, -0.15) is 18.3 Å². The second kappa shape index (κ2) is 6.19. The number of anilines is 1. The Morgan fingerprint density at radius 2 is 1.96 bits per heavy atom. The molecule has 0 amide bonds. The van der Waals surface area contributed by atoms with E-state index in [4.69, 9.17) is 11.6 Å². The maximum atomic E-state index is 13.5. The van der Waals surface area contributed by atoms with Gasteiger partial charge in [0.15, 0.2) is 6.04 Å². The summed E-state index contributed by atoms with van der Waals surface area (Å²) in [6.45, 7) is 0. The maximum absolute atomic E-state index is 13.5. The van der Waals surface area contributed by atoms with E-state index >= 15 is 0 Å². The summed E-state index contributed by atoms with van der Waals surface area (Å²) in [6, 6.07) is 1.75. The van der Waals surface area contributed by atoms with Crippen molar-refractivity contribution in [1.82, 2.24) is 9.78 Å². The Morgan fingerprint density at radius 3 is 2.48 bits per heavy atom. The van der Waals surface area contributed by atoms with Crippen LogP contribution in [0.2, 0.25) is 5.02 Å². The zero-order valence-electron chi connectivity index (χ0n) is 12.1. The molecule has 0 saturated carbocycles. The van der Waals surface area contributed by atoms with Crippen LogP contribution in [0.25, 0.3) is 0 Å². The molecule has 0 fully saturated rings. The molecule has 0 N–H and O–H groups in total. The predicted octanol–water partition coefficient (Wildman–Crippen LogP) is 3.31. The van der Waals surface area contributed by atoms with E-state index < -0.39 is 23.6 Å². The van der Waals surface area contributed by atoms with Gasteiger partial charge in [-0.3, -0.25) is 4.79 Å². The predicted molar refractivity (Wildman–Crippen MR) is 78.1 cm³/mol. The normalized spacial score (nSPS) is 13.0. The zero-order valence-corrected chi connectivity index (χ0v) is 12.9. The first kappa shape index (κ1) is 17.3. The summed E-state index contributed by atoms with van der Waals surface area (Å²) in [7, 11) is 2.53. The third kappa shape index (κ3) is 3.64. The molecule has 0 aliphatic rings. The molecule has 1 aromatic carbocycles. The molecule has 9 heteroatoms. The Hall–Kier alpha value is -2.09. The average molecular weight is 350 g/mol. The van der Waals surface area contributed by atoms with Crippen LogP contribution >= 0.6 is 11.6 Å². The maximum Gasteiger partial charge on any atom is 0.412 e. The van der Waals surface area contributed by atoms with Gasteiger partial charge in [-0.15, -0.1) is 0 Å². The number of aryl methyl sites for hydroxylation is 1. The van der Waals surface area contributed by atoms with Gasteiger partial charge in [0, 0.05) is 20.2 Å². The largest absolute Gasteiger partial charge is 0.412 e. The molecule has 0 saturated heterocycles. The van der Waals surface area contributed by atoms with E-state index in [-0.39, 0.29) is 16.3 Å². The number of benzene rings is 1. The Labute approximate surface area is 133 Å². The van der Waals surface area contributed by atoms with E-state index in [1.54, 1.807) is 0 Å². The highest BCUT2D eigenvalue weighted by atomic mass is 35.5. The molecule has 0 radical (unpaired) electrons. The van der Waals surface area contributed by atoms with E-state index in [9.17, 15) is 22.4 Å². The number of aromatic nitrogens is 2. The van der Waals surface area contributed by atoms with Gasteiger partial charge in [0.25, 0.3) is 5.56 Å². The molecule has 0 bridgehead atoms. The van der Waals surface area contributed by atoms with Crippen LogP contribution in [-0.2, 0) is 7.05 Å². The topological polar surface area (TPSA) is 38.1 Å². The number of hydrogen-bond acceptors (Lipinski definition) is 3. The molecule has 2 rings (SSSR count). The Kier molecular flexibility index (Phi) is 4.65. The number of rotatable bonds is 3. The lowest BCUT2D eigenvalue weighted by Gasteiger charge is -2.31. The van der Waals surface area contributed by atoms with Crippen LogP contribution in [0, 0.1) is 5.82 Å². The van der Waals surface area contributed by atoms with Crippen molar-refractivity contribution in [2.24, 2.45) is 7.05 Å². The van der Waals surface area contributed by atoms with Crippen LogP contribution in [0.15, 0.2) is 35.3 Å². The van der Waals surface area contributed by atoms with Crippen molar-refractivity contribution in [3.05, 3.63) is 57.2 Å². The molecule has 0 aliphatic carbocycles. The number of nitrogens with zero attached hydrogens (tertiary/aromatic N) is 3. The molecule has 0 spiro atoms. The van der Waals surface area contributed by atoms with Gasteiger partial charge in [-0.25, -0.2) is 9.07 Å². The van der Waals surface area contributed by atoms with Crippen LogP contribution in [0.3, 0.4) is 0 Å². The molecular weight excluding hydrogens is 338 g/mol. The minimum Gasteiger partial charge on any atom is -0.358 e. The number of hydrogen-bond donors (Lipinski definition) is 0. The average Bonchev–Trinajstić information content (AvgIpc) is 2.44. The van der Waals surface area contributed by atoms with E-state index in [0.717, 1.165) is 47.1 Å². The highest BCUT2D eigenvalue weighted by Crippen LogP contribution is 2.39. The summed E-state index contributed by atoms with van der Waals surface area (Å²) in [5.74, 6) is -0.950. The van der Waals surface area contributed by atoms with Gasteiger partial charge in [0.1, 0.15) is 5.82 Å². The van der Waals surface area contributed by atoms with Crippen molar-refractivity contribution in [1.29, 1.82) is 0 Å². The lowest BCUT2D eigenvalue weighted by Crippen LogP contribution is -2.37. The summed E-state index contributed by atoms with van der Waals surface area (Å²) < 4.78 is 54.9. The molecule has 124 valence electrons. The fraction of sp³-hybridized carbons (Fsp3) is 0.286. The first-order chi connectivity index (χ1) is 10.6. The van der Waals surface area contributed by atoms with Crippen molar-refractivity contribution in [3.8, 4) is 0 Å². The first-order valence-electron chi connectivity index (χ1n) is 6.39. The minimum atomic E-state index is -4.70. The quantitative estimate of drug-likeness (QED) is 0.798. The van der Waals surface area contributed by atoms with Crippen LogP contribution in [-0.4, -0.2) is 23.0 Å². The fourth-order valence-corrected chi connectivity index (χ4v) is 2.23. The fourth-order valence-electron chi connectivity index (χ4n) is 2.12. The van der Waals surface area contributed by atoms with Crippen molar-refractivity contribution < 1.29 is 17.6 Å². The summed E-state index contributed by atoms with van der Waals surface area (Å²) in [6.07, 6.45) is -3.57. The molecule has 0 aliphatic heterocycles. The van der Waals surface area contributed by atoms with Gasteiger partial charge in [-0.1, -0.05) is 17.7 Å². The van der Waals surface area contributed by atoms with Crippen molar-refractivity contribution in [3.63, 3.8) is 0 Å².